The van der Waals surface area contributed by atoms with Gasteiger partial charge in [0.15, 0.2) is 0 Å². The van der Waals surface area contributed by atoms with E-state index in [1.54, 1.807) is 10.6 Å². The fraction of sp³-hybridized carbons (Fsp3) is 0.276. The molecule has 1 unspecified atom stereocenters. The maximum absolute atomic E-state index is 13.8. The average Bonchev–Trinajstić information content (AvgIpc) is 2.86. The second kappa shape index (κ2) is 10.6. The van der Waals surface area contributed by atoms with Crippen LogP contribution in [0.25, 0.3) is 16.6 Å². The Labute approximate surface area is 214 Å². The molecule has 1 aromatic heterocycles. The van der Waals surface area contributed by atoms with E-state index in [1.165, 1.54) is 5.56 Å². The number of para-hydroxylation sites is 1. The molecule has 0 aliphatic heterocycles. The first-order valence-electron chi connectivity index (χ1n) is 12.0. The van der Waals surface area contributed by atoms with Crippen LogP contribution >= 0.6 is 15.9 Å². The fourth-order valence-electron chi connectivity index (χ4n) is 4.30. The highest BCUT2D eigenvalue weighted by atomic mass is 79.9. The molecule has 35 heavy (non-hydrogen) atoms. The number of carbonyl (C=O) groups is 1. The number of nitrogens with zero attached hydrogens (tertiary/aromatic N) is 3. The first kappa shape index (κ1) is 24.9. The molecule has 3 aromatic carbocycles. The zero-order valence-electron chi connectivity index (χ0n) is 20.5. The van der Waals surface area contributed by atoms with Crippen LogP contribution in [0.5, 0.6) is 0 Å². The molecule has 4 rings (SSSR count). The van der Waals surface area contributed by atoms with Crippen molar-refractivity contribution < 1.29 is 4.79 Å². The molecule has 5 nitrogen and oxygen atoms in total. The highest BCUT2D eigenvalue weighted by Gasteiger charge is 2.28. The van der Waals surface area contributed by atoms with E-state index in [4.69, 9.17) is 4.98 Å². The van der Waals surface area contributed by atoms with Gasteiger partial charge in [0.25, 0.3) is 11.5 Å². The Balaban J connectivity index is 1.91. The molecule has 0 aliphatic carbocycles. The highest BCUT2D eigenvalue weighted by molar-refractivity contribution is 9.10. The normalized spacial score (nSPS) is 12.2. The van der Waals surface area contributed by atoms with Crippen molar-refractivity contribution in [1.29, 1.82) is 0 Å². The van der Waals surface area contributed by atoms with E-state index in [-0.39, 0.29) is 17.4 Å². The molecule has 0 N–H and O–H groups in total. The number of carbonyl (C=O) groups excluding carboxylic acids is 1. The monoisotopic (exact) mass is 531 g/mol. The summed E-state index contributed by atoms with van der Waals surface area (Å²) in [6.07, 6.45) is 0.914. The van der Waals surface area contributed by atoms with Crippen LogP contribution in [0.15, 0.2) is 82.1 Å². The predicted octanol–water partition coefficient (Wildman–Crippen LogP) is 6.57. The number of aryl methyl sites for hydroxylation is 1. The van der Waals surface area contributed by atoms with Gasteiger partial charge in [-0.1, -0.05) is 67.0 Å². The van der Waals surface area contributed by atoms with Crippen molar-refractivity contribution >= 4 is 32.7 Å². The van der Waals surface area contributed by atoms with Crippen molar-refractivity contribution in [1.82, 2.24) is 14.5 Å². The smallest absolute Gasteiger partial charge is 0.266 e. The summed E-state index contributed by atoms with van der Waals surface area (Å²) >= 11 is 3.47. The average molecular weight is 532 g/mol. The van der Waals surface area contributed by atoms with Crippen molar-refractivity contribution in [3.8, 4) is 5.69 Å². The van der Waals surface area contributed by atoms with Gasteiger partial charge in [-0.05, 0) is 67.3 Å². The number of aromatic nitrogens is 2. The lowest BCUT2D eigenvalue weighted by molar-refractivity contribution is 0.0655. The lowest BCUT2D eigenvalue weighted by Crippen LogP contribution is -2.39. The second-order valence-electron chi connectivity index (χ2n) is 9.19. The number of benzene rings is 3. The van der Waals surface area contributed by atoms with Crippen molar-refractivity contribution in [2.75, 3.05) is 6.54 Å². The molecule has 4 aromatic rings. The van der Waals surface area contributed by atoms with Gasteiger partial charge in [0.1, 0.15) is 5.82 Å². The standard InChI is InChI=1S/C29H30BrN3O2/c1-5-21-13-15-24(16-14-21)33-27(31-26-12-7-6-11-25(26)29(33)35)20(4)32(18-19(2)3)28(34)22-9-8-10-23(30)17-22/h6-17,19-20H,5,18H2,1-4H3. The van der Waals surface area contributed by atoms with Crippen LogP contribution in [-0.2, 0) is 6.42 Å². The second-order valence-corrected chi connectivity index (χ2v) is 10.1. The summed E-state index contributed by atoms with van der Waals surface area (Å²) in [7, 11) is 0. The molecule has 6 heteroatoms. The maximum Gasteiger partial charge on any atom is 0.266 e. The minimum Gasteiger partial charge on any atom is -0.328 e. The third-order valence-corrected chi connectivity index (χ3v) is 6.63. The van der Waals surface area contributed by atoms with Gasteiger partial charge in [-0.2, -0.15) is 0 Å². The quantitative estimate of drug-likeness (QED) is 0.271. The zero-order valence-corrected chi connectivity index (χ0v) is 22.1. The van der Waals surface area contributed by atoms with E-state index in [0.717, 1.165) is 16.6 Å². The zero-order chi connectivity index (χ0) is 25.1. The summed E-state index contributed by atoms with van der Waals surface area (Å²) in [5, 5.41) is 0.553. The van der Waals surface area contributed by atoms with Gasteiger partial charge in [0.05, 0.1) is 22.6 Å². The van der Waals surface area contributed by atoms with Crippen LogP contribution < -0.4 is 5.56 Å². The molecule has 1 atom stereocenters. The molecule has 0 bridgehead atoms. The number of fused-ring (bicyclic) bond motifs is 1. The Kier molecular flexibility index (Phi) is 7.51. The van der Waals surface area contributed by atoms with Crippen molar-refractivity contribution in [2.45, 2.75) is 40.2 Å². The lowest BCUT2D eigenvalue weighted by atomic mass is 10.1. The van der Waals surface area contributed by atoms with E-state index in [2.05, 4.69) is 36.7 Å². The summed E-state index contributed by atoms with van der Waals surface area (Å²) in [4.78, 5) is 34.2. The highest BCUT2D eigenvalue weighted by Crippen LogP contribution is 2.26. The summed E-state index contributed by atoms with van der Waals surface area (Å²) in [6.45, 7) is 8.75. The summed E-state index contributed by atoms with van der Waals surface area (Å²) in [5.41, 5.74) is 3.01. The predicted molar refractivity (Wildman–Crippen MR) is 145 cm³/mol. The van der Waals surface area contributed by atoms with E-state index >= 15 is 0 Å². The number of amides is 1. The summed E-state index contributed by atoms with van der Waals surface area (Å²) in [5.74, 6) is 0.683. The van der Waals surface area contributed by atoms with Gasteiger partial charge in [-0.3, -0.25) is 14.2 Å². The molecule has 180 valence electrons. The van der Waals surface area contributed by atoms with E-state index < -0.39 is 6.04 Å². The van der Waals surface area contributed by atoms with Crippen LogP contribution in [0.2, 0.25) is 0 Å². The molecule has 0 saturated heterocycles. The molecule has 0 radical (unpaired) electrons. The fourth-order valence-corrected chi connectivity index (χ4v) is 4.70. The largest absolute Gasteiger partial charge is 0.328 e. The molecular weight excluding hydrogens is 502 g/mol. The van der Waals surface area contributed by atoms with Crippen molar-refractivity contribution in [3.63, 3.8) is 0 Å². The van der Waals surface area contributed by atoms with Crippen molar-refractivity contribution in [2.24, 2.45) is 5.92 Å². The lowest BCUT2D eigenvalue weighted by Gasteiger charge is -2.32. The van der Waals surface area contributed by atoms with E-state index in [9.17, 15) is 9.59 Å². The third-order valence-electron chi connectivity index (χ3n) is 6.14. The minimum atomic E-state index is -0.438. The first-order chi connectivity index (χ1) is 16.8. The first-order valence-corrected chi connectivity index (χ1v) is 12.8. The summed E-state index contributed by atoms with van der Waals surface area (Å²) in [6, 6.07) is 22.3. The number of rotatable bonds is 7. The van der Waals surface area contributed by atoms with Gasteiger partial charge < -0.3 is 4.90 Å². The van der Waals surface area contributed by atoms with Crippen LogP contribution in [0.1, 0.15) is 55.5 Å². The van der Waals surface area contributed by atoms with Gasteiger partial charge in [0, 0.05) is 16.6 Å². The van der Waals surface area contributed by atoms with Crippen LogP contribution in [0, 0.1) is 5.92 Å². The number of hydrogen-bond acceptors (Lipinski definition) is 3. The Morgan fingerprint density at radius 1 is 1.00 bits per heavy atom. The molecule has 0 spiro atoms. The molecular formula is C29H30BrN3O2. The number of halogens is 1. The third kappa shape index (κ3) is 5.22. The van der Waals surface area contributed by atoms with Gasteiger partial charge in [0.2, 0.25) is 0 Å². The van der Waals surface area contributed by atoms with Crippen LogP contribution in [-0.4, -0.2) is 26.9 Å². The summed E-state index contributed by atoms with van der Waals surface area (Å²) < 4.78 is 2.51. The molecule has 1 amide bonds. The van der Waals surface area contributed by atoms with E-state index in [0.29, 0.717) is 28.8 Å². The molecule has 0 aliphatic rings. The molecule has 0 saturated carbocycles. The Morgan fingerprint density at radius 2 is 1.71 bits per heavy atom. The van der Waals surface area contributed by atoms with Crippen LogP contribution in [0.4, 0.5) is 0 Å². The maximum atomic E-state index is 13.8. The number of hydrogen-bond donors (Lipinski definition) is 0. The van der Waals surface area contributed by atoms with Crippen LogP contribution in [0.3, 0.4) is 0 Å². The van der Waals surface area contributed by atoms with Gasteiger partial charge in [-0.25, -0.2) is 4.98 Å². The Bertz CT molecular complexity index is 1410. The Morgan fingerprint density at radius 3 is 2.37 bits per heavy atom. The van der Waals surface area contributed by atoms with Crippen molar-refractivity contribution in [3.05, 3.63) is 105 Å². The molecule has 1 heterocycles. The van der Waals surface area contributed by atoms with Gasteiger partial charge in [-0.15, -0.1) is 0 Å². The van der Waals surface area contributed by atoms with Gasteiger partial charge >= 0.3 is 0 Å². The minimum absolute atomic E-state index is 0.0946. The Hall–Kier alpha value is -3.25. The molecule has 0 fully saturated rings. The topological polar surface area (TPSA) is 55.2 Å². The van der Waals surface area contributed by atoms with E-state index in [1.807, 2.05) is 78.6 Å². The SMILES string of the molecule is CCc1ccc(-n2c(C(C)N(CC(C)C)C(=O)c3cccc(Br)c3)nc3ccccc3c2=O)cc1.